The van der Waals surface area contributed by atoms with Gasteiger partial charge in [0.2, 0.25) is 0 Å². The maximum absolute atomic E-state index is 13.4. The van der Waals surface area contributed by atoms with Crippen molar-refractivity contribution in [2.24, 2.45) is 4.99 Å². The minimum Gasteiger partial charge on any atom is -0.453 e. The minimum atomic E-state index is -0.572. The fourth-order valence-corrected chi connectivity index (χ4v) is 4.52. The van der Waals surface area contributed by atoms with E-state index in [4.69, 9.17) is 10.1 Å². The van der Waals surface area contributed by atoms with Crippen molar-refractivity contribution in [2.45, 2.75) is 39.5 Å². The predicted molar refractivity (Wildman–Crippen MR) is 144 cm³/mol. The van der Waals surface area contributed by atoms with Crippen molar-refractivity contribution < 1.29 is 14.3 Å². The molecule has 0 radical (unpaired) electrons. The minimum absolute atomic E-state index is 0.0530. The van der Waals surface area contributed by atoms with Gasteiger partial charge in [-0.1, -0.05) is 72.7 Å². The van der Waals surface area contributed by atoms with Crippen molar-refractivity contribution in [3.05, 3.63) is 88.5 Å². The molecule has 0 saturated carbocycles. The summed E-state index contributed by atoms with van der Waals surface area (Å²) in [6.07, 6.45) is 8.19. The fraction of sp³-hybridized carbons (Fsp3) is 0.286. The van der Waals surface area contributed by atoms with Crippen LogP contribution >= 0.6 is 11.8 Å². The number of hydrogen-bond donors (Lipinski definition) is 2. The molecule has 3 rings (SSSR count). The Hall–Kier alpha value is -3.45. The highest BCUT2D eigenvalue weighted by atomic mass is 32.2. The van der Waals surface area contributed by atoms with E-state index < -0.39 is 6.09 Å². The molecule has 0 spiro atoms. The molecule has 1 aliphatic rings. The molecule has 1 aliphatic carbocycles. The van der Waals surface area contributed by atoms with Crippen LogP contribution in [0, 0.1) is 12.3 Å². The second-order valence-electron chi connectivity index (χ2n) is 8.33. The Balaban J connectivity index is 1.99. The number of rotatable bonds is 8. The number of aryl methyl sites for hydroxylation is 1. The standard InChI is InChI=1S/C28H31N3O3S/c1-4-5-15-35-27(31-28(33)34-3)30-24-13-14-25(26(32)21-11-9-19(2)10-12-21)22(18-24)16-20-7-6-8-23(29)17-20/h6-14,18,29H,4-5,15-17H2,1-3H3,(H,30,31,33). The molecule has 7 heteroatoms. The lowest BCUT2D eigenvalue weighted by atomic mass is 9.90. The zero-order valence-corrected chi connectivity index (χ0v) is 21.2. The number of nitrogens with zero attached hydrogens (tertiary/aromatic N) is 1. The maximum atomic E-state index is 13.4. The van der Waals surface area contributed by atoms with Gasteiger partial charge in [0.05, 0.1) is 12.8 Å². The van der Waals surface area contributed by atoms with Crippen LogP contribution in [0.2, 0.25) is 0 Å². The average Bonchev–Trinajstić information content (AvgIpc) is 2.84. The lowest BCUT2D eigenvalue weighted by molar-refractivity contribution is 0.103. The molecule has 6 nitrogen and oxygen atoms in total. The number of thioether (sulfide) groups is 1. The zero-order valence-electron chi connectivity index (χ0n) is 20.4. The molecule has 0 aliphatic heterocycles. The molecule has 1 amide bonds. The lowest BCUT2D eigenvalue weighted by Gasteiger charge is -2.15. The van der Waals surface area contributed by atoms with Gasteiger partial charge in [0.15, 0.2) is 11.0 Å². The number of benzene rings is 2. The summed E-state index contributed by atoms with van der Waals surface area (Å²) in [7, 11) is 1.32. The second kappa shape index (κ2) is 12.9. The molecule has 35 heavy (non-hydrogen) atoms. The Morgan fingerprint density at radius 3 is 2.63 bits per heavy atom. The van der Waals surface area contributed by atoms with Gasteiger partial charge in [0.25, 0.3) is 0 Å². The van der Waals surface area contributed by atoms with E-state index in [2.05, 4.69) is 17.2 Å². The van der Waals surface area contributed by atoms with Crippen molar-refractivity contribution in [2.75, 3.05) is 12.9 Å². The highest BCUT2D eigenvalue weighted by molar-refractivity contribution is 8.13. The van der Waals surface area contributed by atoms with E-state index in [9.17, 15) is 9.59 Å². The fourth-order valence-electron chi connectivity index (χ4n) is 3.57. The Bertz CT molecular complexity index is 1180. The molecule has 0 atom stereocenters. The highest BCUT2D eigenvalue weighted by Crippen LogP contribution is 2.26. The van der Waals surface area contributed by atoms with Gasteiger partial charge in [-0.25, -0.2) is 9.79 Å². The Morgan fingerprint density at radius 1 is 1.17 bits per heavy atom. The summed E-state index contributed by atoms with van der Waals surface area (Å²) in [6, 6.07) is 13.0. The first-order valence-corrected chi connectivity index (χ1v) is 12.6. The number of hydrogen-bond acceptors (Lipinski definition) is 6. The number of unbranched alkanes of at least 4 members (excludes halogenated alkanes) is 1. The number of aliphatic imine (C=N–C) groups is 1. The lowest BCUT2D eigenvalue weighted by Crippen LogP contribution is -2.28. The highest BCUT2D eigenvalue weighted by Gasteiger charge is 2.17. The first-order chi connectivity index (χ1) is 16.9. The number of allylic oxidation sites excluding steroid dienone is 4. The van der Waals surface area contributed by atoms with Crippen LogP contribution in [0.5, 0.6) is 0 Å². The number of carbonyl (C=O) groups is 2. The van der Waals surface area contributed by atoms with Gasteiger partial charge in [0.1, 0.15) is 0 Å². The summed E-state index contributed by atoms with van der Waals surface area (Å²) in [4.78, 5) is 29.9. The molecule has 0 saturated heterocycles. The van der Waals surface area contributed by atoms with Crippen molar-refractivity contribution >= 4 is 40.2 Å². The Morgan fingerprint density at radius 2 is 1.94 bits per heavy atom. The van der Waals surface area contributed by atoms with E-state index in [1.54, 1.807) is 18.2 Å². The summed E-state index contributed by atoms with van der Waals surface area (Å²) >= 11 is 1.46. The normalized spacial score (nSPS) is 13.4. The summed E-state index contributed by atoms with van der Waals surface area (Å²) < 4.78 is 4.74. The predicted octanol–water partition coefficient (Wildman–Crippen LogP) is 6.55. The number of alkyl carbamates (subject to hydrolysis) is 1. The first kappa shape index (κ1) is 26.2. The zero-order chi connectivity index (χ0) is 25.2. The third-order valence-corrected chi connectivity index (χ3v) is 6.43. The third kappa shape index (κ3) is 7.79. The van der Waals surface area contributed by atoms with Crippen LogP contribution in [-0.4, -0.2) is 35.6 Å². The molecular weight excluding hydrogens is 458 g/mol. The first-order valence-electron chi connectivity index (χ1n) is 11.6. The monoisotopic (exact) mass is 489 g/mol. The van der Waals surface area contributed by atoms with Gasteiger partial charge in [-0.2, -0.15) is 0 Å². The van der Waals surface area contributed by atoms with Gasteiger partial charge in [0, 0.05) is 29.0 Å². The van der Waals surface area contributed by atoms with Crippen LogP contribution < -0.4 is 5.32 Å². The summed E-state index contributed by atoms with van der Waals surface area (Å²) in [5, 5.41) is 11.1. The third-order valence-electron chi connectivity index (χ3n) is 5.47. The SMILES string of the molecule is CCCCSC(=Nc1ccc(C(=O)c2ccc(C)cc2)c(CC2=CC=CC(=N)C2)c1)NC(=O)OC. The number of amidine groups is 1. The van der Waals surface area contributed by atoms with Crippen LogP contribution in [-0.2, 0) is 11.2 Å². The van der Waals surface area contributed by atoms with Crippen LogP contribution in [0.3, 0.4) is 0 Å². The number of methoxy groups -OCH3 is 1. The maximum Gasteiger partial charge on any atom is 0.412 e. The molecule has 0 aromatic heterocycles. The molecule has 2 N–H and O–H groups in total. The van der Waals surface area contributed by atoms with Gasteiger partial charge in [-0.15, -0.1) is 0 Å². The number of amides is 1. The molecule has 182 valence electrons. The average molecular weight is 490 g/mol. The topological polar surface area (TPSA) is 91.6 Å². The molecule has 0 fully saturated rings. The second-order valence-corrected chi connectivity index (χ2v) is 9.42. The molecule has 0 bridgehead atoms. The molecule has 0 unspecified atom stereocenters. The molecule has 0 heterocycles. The van der Waals surface area contributed by atoms with Crippen LogP contribution in [0.25, 0.3) is 0 Å². The van der Waals surface area contributed by atoms with Gasteiger partial charge in [-0.3, -0.25) is 10.1 Å². The van der Waals surface area contributed by atoms with Gasteiger partial charge >= 0.3 is 6.09 Å². The van der Waals surface area contributed by atoms with Crippen molar-refractivity contribution in [1.82, 2.24) is 5.32 Å². The van der Waals surface area contributed by atoms with Crippen LogP contribution in [0.4, 0.5) is 10.5 Å². The number of ketones is 1. The van der Waals surface area contributed by atoms with Gasteiger partial charge in [-0.05, 0) is 49.6 Å². The van der Waals surface area contributed by atoms with E-state index in [-0.39, 0.29) is 5.78 Å². The van der Waals surface area contributed by atoms with Crippen molar-refractivity contribution in [3.8, 4) is 0 Å². The van der Waals surface area contributed by atoms with Gasteiger partial charge < -0.3 is 10.1 Å². The van der Waals surface area contributed by atoms with Crippen LogP contribution in [0.15, 0.2) is 71.3 Å². The molecule has 2 aromatic rings. The van der Waals surface area contributed by atoms with E-state index >= 15 is 0 Å². The van der Waals surface area contributed by atoms with E-state index in [1.807, 2.05) is 49.4 Å². The number of nitrogens with one attached hydrogen (secondary N) is 2. The number of ether oxygens (including phenoxy) is 1. The Labute approximate surface area is 211 Å². The summed E-state index contributed by atoms with van der Waals surface area (Å²) in [5.74, 6) is 0.764. The summed E-state index contributed by atoms with van der Waals surface area (Å²) in [6.45, 7) is 4.10. The molecular formula is C28H31N3O3S. The van der Waals surface area contributed by atoms with Crippen LogP contribution in [0.1, 0.15) is 53.2 Å². The smallest absolute Gasteiger partial charge is 0.412 e. The Kier molecular flexibility index (Phi) is 9.61. The van der Waals surface area contributed by atoms with E-state index in [1.165, 1.54) is 18.9 Å². The number of carbonyl (C=O) groups excluding carboxylic acids is 2. The largest absolute Gasteiger partial charge is 0.453 e. The summed E-state index contributed by atoms with van der Waals surface area (Å²) in [5.41, 5.74) is 5.40. The van der Waals surface area contributed by atoms with Crippen molar-refractivity contribution in [3.63, 3.8) is 0 Å². The quantitative estimate of drug-likeness (QED) is 0.190. The van der Waals surface area contributed by atoms with Crippen molar-refractivity contribution in [1.29, 1.82) is 5.41 Å². The van der Waals surface area contributed by atoms with E-state index in [0.29, 0.717) is 40.5 Å². The van der Waals surface area contributed by atoms with E-state index in [0.717, 1.165) is 35.3 Å². The molecule has 2 aromatic carbocycles.